The summed E-state index contributed by atoms with van der Waals surface area (Å²) >= 11 is 0. The Labute approximate surface area is 533 Å². The molecule has 0 radical (unpaired) electrons. The van der Waals surface area contributed by atoms with Gasteiger partial charge in [0.15, 0.2) is 0 Å². The van der Waals surface area contributed by atoms with Crippen molar-refractivity contribution in [1.29, 1.82) is 10.5 Å². The minimum absolute atomic E-state index is 0.00884. The van der Waals surface area contributed by atoms with Gasteiger partial charge in [0.1, 0.15) is 0 Å². The highest BCUT2D eigenvalue weighted by molar-refractivity contribution is 6.14. The number of nitriles is 2. The number of fused-ring (bicyclic) bond motifs is 6. The van der Waals surface area contributed by atoms with Crippen LogP contribution in [0.4, 0.5) is 105 Å². The number of aromatic nitrogens is 2. The standard InChI is InChI=1S/C70H30F24N4/c71-63(72,73)40-8-16-44(53(26-40)67(83,84)85)35-4-12-48-49-13-5-36(45-17-9-41(64(74,75)76)27-54(45)68(86,87)88)22-58(49)97(57(48)21-35)61-25-39(32-96)52(34-3-1-2-33(20-34)31-95)30-62(61)98-59-23-37(46-18-10-42(65(77,78)79)28-55(46)69(89,90)91)6-14-50(59)51-15-7-38(24-60(51)98)47-19-11-43(66(80,81)82)29-56(47)70(92,93)94/h1-30H. The third-order valence-electron chi connectivity index (χ3n) is 16.4. The van der Waals surface area contributed by atoms with Gasteiger partial charge in [0.25, 0.3) is 0 Å². The summed E-state index contributed by atoms with van der Waals surface area (Å²) in [5, 5.41) is 20.9. The highest BCUT2D eigenvalue weighted by atomic mass is 19.4. The third kappa shape index (κ3) is 12.1. The molecule has 0 unspecified atom stereocenters. The second-order valence-corrected chi connectivity index (χ2v) is 22.3. The molecule has 0 saturated heterocycles. The van der Waals surface area contributed by atoms with Crippen LogP contribution in [0.15, 0.2) is 182 Å². The van der Waals surface area contributed by atoms with Crippen molar-refractivity contribution in [2.45, 2.75) is 49.4 Å². The third-order valence-corrected chi connectivity index (χ3v) is 16.4. The van der Waals surface area contributed by atoms with Gasteiger partial charge in [-0.15, -0.1) is 0 Å². The van der Waals surface area contributed by atoms with Gasteiger partial charge in [-0.05, 0) is 147 Å². The maximum absolute atomic E-state index is 15.1. The van der Waals surface area contributed by atoms with E-state index in [2.05, 4.69) is 0 Å². The normalized spacial score (nSPS) is 13.1. The summed E-state index contributed by atoms with van der Waals surface area (Å²) in [6.45, 7) is 0. The molecule has 0 saturated carbocycles. The van der Waals surface area contributed by atoms with E-state index in [-0.39, 0.29) is 84.6 Å². The molecule has 12 rings (SSSR count). The average molecular weight is 1380 g/mol. The predicted octanol–water partition coefficient (Wildman–Crippen LogP) is 24.1. The Morgan fingerprint density at radius 2 is 0.520 bits per heavy atom. The fourth-order valence-corrected chi connectivity index (χ4v) is 12.1. The van der Waals surface area contributed by atoms with Gasteiger partial charge in [-0.3, -0.25) is 0 Å². The summed E-state index contributed by atoms with van der Waals surface area (Å²) in [5.41, 5.74) is -23.5. The molecule has 98 heavy (non-hydrogen) atoms. The van der Waals surface area contributed by atoms with Gasteiger partial charge >= 0.3 is 49.4 Å². The van der Waals surface area contributed by atoms with Crippen LogP contribution in [0.5, 0.6) is 0 Å². The first-order chi connectivity index (χ1) is 45.5. The molecule has 0 aliphatic heterocycles. The molecular formula is C70H30F24N4. The molecule has 10 aromatic carbocycles. The lowest BCUT2D eigenvalue weighted by Gasteiger charge is -2.21. The Hall–Kier alpha value is -10.9. The second kappa shape index (κ2) is 22.9. The van der Waals surface area contributed by atoms with Crippen molar-refractivity contribution >= 4 is 43.6 Å². The number of halogens is 24. The molecule has 28 heteroatoms. The average Bonchev–Trinajstić information content (AvgIpc) is 1.58. The number of hydrogen-bond acceptors (Lipinski definition) is 2. The number of benzene rings is 10. The molecule has 0 amide bonds. The Morgan fingerprint density at radius 1 is 0.245 bits per heavy atom. The van der Waals surface area contributed by atoms with Crippen LogP contribution in [0, 0.1) is 22.7 Å². The van der Waals surface area contributed by atoms with E-state index in [0.29, 0.717) is 48.5 Å². The van der Waals surface area contributed by atoms with Crippen LogP contribution in [-0.4, -0.2) is 9.13 Å². The van der Waals surface area contributed by atoms with Crippen LogP contribution in [0.3, 0.4) is 0 Å². The number of hydrogen-bond donors (Lipinski definition) is 0. The van der Waals surface area contributed by atoms with E-state index in [1.54, 1.807) is 0 Å². The topological polar surface area (TPSA) is 57.4 Å². The van der Waals surface area contributed by atoms with E-state index < -0.39 is 155 Å². The van der Waals surface area contributed by atoms with Gasteiger partial charge in [-0.2, -0.15) is 116 Å². The summed E-state index contributed by atoms with van der Waals surface area (Å²) in [4.78, 5) is 0. The molecule has 0 aliphatic rings. The van der Waals surface area contributed by atoms with Crippen molar-refractivity contribution in [2.75, 3.05) is 0 Å². The zero-order valence-electron chi connectivity index (χ0n) is 48.2. The Kier molecular flexibility index (Phi) is 15.7. The smallest absolute Gasteiger partial charge is 0.307 e. The predicted molar refractivity (Wildman–Crippen MR) is 312 cm³/mol. The van der Waals surface area contributed by atoms with Crippen LogP contribution in [-0.2, 0) is 49.4 Å². The largest absolute Gasteiger partial charge is 0.417 e. The van der Waals surface area contributed by atoms with Gasteiger partial charge in [0, 0.05) is 27.1 Å². The lowest BCUT2D eigenvalue weighted by molar-refractivity contribution is -0.144. The monoisotopic (exact) mass is 1380 g/mol. The highest BCUT2D eigenvalue weighted by Crippen LogP contribution is 2.51. The zero-order valence-corrected chi connectivity index (χ0v) is 48.2. The van der Waals surface area contributed by atoms with Crippen LogP contribution < -0.4 is 0 Å². The summed E-state index contributed by atoms with van der Waals surface area (Å²) in [6.07, 6.45) is -43.7. The van der Waals surface area contributed by atoms with Gasteiger partial charge in [-0.1, -0.05) is 84.9 Å². The fourth-order valence-electron chi connectivity index (χ4n) is 12.1. The van der Waals surface area contributed by atoms with Crippen LogP contribution in [0.2, 0.25) is 0 Å². The number of nitrogens with zero attached hydrogens (tertiary/aromatic N) is 4. The SMILES string of the molecule is N#Cc1cccc(-c2cc(-n3c4cc(-c5ccc(C(F)(F)F)cc5C(F)(F)F)ccc4c4ccc(-c5ccc(C(F)(F)F)cc5C(F)(F)F)cc43)c(-n3c4cc(-c5ccc(C(F)(F)F)cc5C(F)(F)F)ccc4c4ccc(-c5ccc(C(F)(F)F)cc5C(F)(F)F)cc43)cc2C#N)c1. The second-order valence-electron chi connectivity index (χ2n) is 22.3. The lowest BCUT2D eigenvalue weighted by Crippen LogP contribution is -2.12. The Balaban J connectivity index is 1.29. The molecule has 2 aromatic heterocycles. The molecule has 0 spiro atoms. The van der Waals surface area contributed by atoms with Crippen molar-refractivity contribution < 1.29 is 105 Å². The number of rotatable bonds is 7. The Morgan fingerprint density at radius 3 is 0.776 bits per heavy atom. The molecular weight excluding hydrogens is 1350 g/mol. The van der Waals surface area contributed by atoms with Gasteiger partial charge in [0.05, 0.1) is 101 Å². The van der Waals surface area contributed by atoms with Crippen LogP contribution in [0.25, 0.3) is 111 Å². The minimum Gasteiger partial charge on any atom is -0.307 e. The first-order valence-corrected chi connectivity index (χ1v) is 28.0. The molecule has 0 atom stereocenters. The van der Waals surface area contributed by atoms with E-state index >= 15 is 52.7 Å². The van der Waals surface area contributed by atoms with E-state index in [0.717, 1.165) is 94.1 Å². The van der Waals surface area contributed by atoms with Crippen molar-refractivity contribution in [1.82, 2.24) is 9.13 Å². The summed E-state index contributed by atoms with van der Waals surface area (Å²) in [5.74, 6) is 0. The van der Waals surface area contributed by atoms with Crippen molar-refractivity contribution in [3.8, 4) is 79.1 Å². The van der Waals surface area contributed by atoms with E-state index in [1.807, 2.05) is 12.1 Å². The van der Waals surface area contributed by atoms with E-state index in [9.17, 15) is 63.2 Å². The van der Waals surface area contributed by atoms with Gasteiger partial charge < -0.3 is 9.13 Å². The van der Waals surface area contributed by atoms with Crippen LogP contribution >= 0.6 is 0 Å². The van der Waals surface area contributed by atoms with Crippen molar-refractivity contribution in [3.05, 3.63) is 238 Å². The zero-order chi connectivity index (χ0) is 71.1. The van der Waals surface area contributed by atoms with Gasteiger partial charge in [0.2, 0.25) is 0 Å². The quantitative estimate of drug-likeness (QED) is 0.149. The first-order valence-electron chi connectivity index (χ1n) is 28.0. The lowest BCUT2D eigenvalue weighted by atomic mass is 9.95. The molecule has 4 nitrogen and oxygen atoms in total. The molecule has 12 aromatic rings. The van der Waals surface area contributed by atoms with E-state index in [1.165, 1.54) is 24.3 Å². The molecule has 2 heterocycles. The van der Waals surface area contributed by atoms with Crippen molar-refractivity contribution in [3.63, 3.8) is 0 Å². The minimum atomic E-state index is -5.56. The van der Waals surface area contributed by atoms with E-state index in [4.69, 9.17) is 0 Å². The van der Waals surface area contributed by atoms with Crippen molar-refractivity contribution in [2.24, 2.45) is 0 Å². The van der Waals surface area contributed by atoms with Crippen LogP contribution in [0.1, 0.15) is 55.6 Å². The maximum atomic E-state index is 15.1. The summed E-state index contributed by atoms with van der Waals surface area (Å²) in [7, 11) is 0. The fraction of sp³-hybridized carbons (Fsp3) is 0.114. The molecule has 498 valence electrons. The highest BCUT2D eigenvalue weighted by Gasteiger charge is 2.43. The Bertz CT molecular complexity index is 5090. The summed E-state index contributed by atoms with van der Waals surface area (Å²) in [6, 6.07) is 26.0. The molecule has 0 fully saturated rings. The maximum Gasteiger partial charge on any atom is 0.417 e. The number of alkyl halides is 24. The molecule has 0 bridgehead atoms. The summed E-state index contributed by atoms with van der Waals surface area (Å²) < 4.78 is 353. The van der Waals surface area contributed by atoms with Gasteiger partial charge in [-0.25, -0.2) is 0 Å². The first kappa shape index (κ1) is 67.1. The molecule has 0 aliphatic carbocycles. The molecule has 0 N–H and O–H groups in total.